The summed E-state index contributed by atoms with van der Waals surface area (Å²) in [6.45, 7) is 0. The van der Waals surface area contributed by atoms with Crippen LogP contribution in [-0.2, 0) is 26.2 Å². The molecule has 0 unspecified atom stereocenters. The second-order valence-corrected chi connectivity index (χ2v) is 11.9. The van der Waals surface area contributed by atoms with Crippen molar-refractivity contribution < 1.29 is 52.3 Å². The Hall–Kier alpha value is -4.31. The Kier molecular flexibility index (Phi) is 8.15. The van der Waals surface area contributed by atoms with E-state index in [1.165, 1.54) is 24.3 Å². The molecule has 0 aliphatic heterocycles. The van der Waals surface area contributed by atoms with E-state index in [-0.39, 0.29) is 11.1 Å². The van der Waals surface area contributed by atoms with Gasteiger partial charge in [-0.2, -0.15) is 13.2 Å². The maximum atomic E-state index is 14.5. The molecule has 222 valence electrons. The maximum Gasteiger partial charge on any atom is 0.573 e. The number of alkyl halides is 6. The fourth-order valence-corrected chi connectivity index (χ4v) is 5.84. The number of sulfonamides is 2. The zero-order valence-electron chi connectivity index (χ0n) is 20.7. The summed E-state index contributed by atoms with van der Waals surface area (Å²) in [5.41, 5.74) is -2.09. The second-order valence-electron chi connectivity index (χ2n) is 8.50. The molecule has 4 aromatic rings. The third-order valence-electron chi connectivity index (χ3n) is 5.53. The lowest BCUT2D eigenvalue weighted by molar-refractivity contribution is -0.274. The largest absolute Gasteiger partial charge is 0.573 e. The van der Waals surface area contributed by atoms with Crippen LogP contribution in [-0.4, -0.2) is 23.2 Å². The monoisotopic (exact) mass is 634 g/mol. The van der Waals surface area contributed by atoms with Gasteiger partial charge in [0.2, 0.25) is 0 Å². The zero-order chi connectivity index (χ0) is 30.9. The first-order valence-electron chi connectivity index (χ1n) is 11.4. The van der Waals surface area contributed by atoms with Gasteiger partial charge in [-0.3, -0.25) is 9.44 Å². The van der Waals surface area contributed by atoms with Crippen LogP contribution >= 0.6 is 0 Å². The van der Waals surface area contributed by atoms with Crippen LogP contribution in [0.2, 0.25) is 0 Å². The number of anilines is 2. The number of nitrogens with one attached hydrogen (secondary N) is 2. The van der Waals surface area contributed by atoms with Crippen molar-refractivity contribution >= 4 is 31.4 Å². The Morgan fingerprint density at radius 1 is 0.619 bits per heavy atom. The smallest absolute Gasteiger partial charge is 0.406 e. The molecule has 4 aromatic carbocycles. The van der Waals surface area contributed by atoms with E-state index in [0.29, 0.717) is 12.1 Å². The predicted molar refractivity (Wildman–Crippen MR) is 138 cm³/mol. The summed E-state index contributed by atoms with van der Waals surface area (Å²) in [6, 6.07) is 14.6. The molecule has 0 bridgehead atoms. The van der Waals surface area contributed by atoms with Crippen LogP contribution in [0.3, 0.4) is 0 Å². The van der Waals surface area contributed by atoms with Gasteiger partial charge in [0.1, 0.15) is 11.6 Å². The standard InChI is InChI=1S/C26H17F7N2O5S2/c27-22-7-2-1-6-21(22)16-8-13-23(34-42(38,39)20-5-3-4-17(15-20)25(28,29)30)24(14-16)35-41(36,37)19-11-9-18(10-12-19)40-26(31,32)33/h1-15,34-35H. The predicted octanol–water partition coefficient (Wildman–Crippen LogP) is 7.01. The topological polar surface area (TPSA) is 102 Å². The van der Waals surface area contributed by atoms with Crippen LogP contribution in [0.25, 0.3) is 11.1 Å². The average Bonchev–Trinajstić information content (AvgIpc) is 2.89. The van der Waals surface area contributed by atoms with Crippen LogP contribution < -0.4 is 14.2 Å². The van der Waals surface area contributed by atoms with E-state index in [1.807, 2.05) is 4.72 Å². The molecule has 0 aromatic heterocycles. The van der Waals surface area contributed by atoms with Crippen molar-refractivity contribution in [2.75, 3.05) is 9.44 Å². The van der Waals surface area contributed by atoms with Crippen molar-refractivity contribution in [1.29, 1.82) is 0 Å². The van der Waals surface area contributed by atoms with E-state index >= 15 is 0 Å². The van der Waals surface area contributed by atoms with Gasteiger partial charge < -0.3 is 4.74 Å². The molecule has 0 saturated heterocycles. The molecule has 0 radical (unpaired) electrons. The fraction of sp³-hybridized carbons (Fsp3) is 0.0769. The molecule has 42 heavy (non-hydrogen) atoms. The summed E-state index contributed by atoms with van der Waals surface area (Å²) in [5.74, 6) is -1.42. The molecular formula is C26H17F7N2O5S2. The molecule has 16 heteroatoms. The molecule has 0 saturated carbocycles. The van der Waals surface area contributed by atoms with Crippen molar-refractivity contribution in [2.45, 2.75) is 22.3 Å². The number of hydrogen-bond donors (Lipinski definition) is 2. The Labute approximate surface area is 234 Å². The maximum absolute atomic E-state index is 14.5. The van der Waals surface area contributed by atoms with E-state index < -0.39 is 70.9 Å². The molecule has 7 nitrogen and oxygen atoms in total. The summed E-state index contributed by atoms with van der Waals surface area (Å²) in [6.07, 6.45) is -9.88. The Balaban J connectivity index is 1.75. The molecule has 4 rings (SSSR count). The highest BCUT2D eigenvalue weighted by Crippen LogP contribution is 2.35. The first-order chi connectivity index (χ1) is 19.4. The Morgan fingerprint density at radius 2 is 1.24 bits per heavy atom. The molecule has 0 aliphatic carbocycles. The highest BCUT2D eigenvalue weighted by Gasteiger charge is 2.32. The SMILES string of the molecule is O=S(=O)(Nc1ccc(-c2ccccc2F)cc1NS(=O)(=O)c1ccc(OC(F)(F)F)cc1)c1cccc(C(F)(F)F)c1. The van der Waals surface area contributed by atoms with Gasteiger partial charge >= 0.3 is 12.5 Å². The van der Waals surface area contributed by atoms with Crippen LogP contribution in [0.5, 0.6) is 5.75 Å². The van der Waals surface area contributed by atoms with Crippen LogP contribution in [0.4, 0.5) is 42.1 Å². The zero-order valence-corrected chi connectivity index (χ0v) is 22.3. The first kappa shape index (κ1) is 30.6. The lowest BCUT2D eigenvalue weighted by Crippen LogP contribution is -2.19. The number of halogens is 7. The van der Waals surface area contributed by atoms with Gasteiger partial charge in [-0.15, -0.1) is 13.2 Å². The van der Waals surface area contributed by atoms with Crippen molar-refractivity contribution in [3.63, 3.8) is 0 Å². The van der Waals surface area contributed by atoms with Gasteiger partial charge in [0.15, 0.2) is 0 Å². The summed E-state index contributed by atoms with van der Waals surface area (Å²) >= 11 is 0. The lowest BCUT2D eigenvalue weighted by atomic mass is 10.0. The molecule has 0 atom stereocenters. The minimum atomic E-state index is -5.03. The Bertz CT molecular complexity index is 1830. The lowest BCUT2D eigenvalue weighted by Gasteiger charge is -2.17. The average molecular weight is 635 g/mol. The summed E-state index contributed by atoms with van der Waals surface area (Å²) in [4.78, 5) is -1.34. The van der Waals surface area contributed by atoms with Crippen LogP contribution in [0.15, 0.2) is 101 Å². The van der Waals surface area contributed by atoms with Crippen molar-refractivity contribution in [1.82, 2.24) is 0 Å². The quantitative estimate of drug-likeness (QED) is 0.203. The van der Waals surface area contributed by atoms with Gasteiger partial charge in [-0.1, -0.05) is 30.3 Å². The number of ether oxygens (including phenoxy) is 1. The van der Waals surface area contributed by atoms with E-state index in [1.54, 1.807) is 0 Å². The summed E-state index contributed by atoms with van der Waals surface area (Å²) in [5, 5.41) is 0. The molecule has 0 spiro atoms. The van der Waals surface area contributed by atoms with Gasteiger partial charge in [-0.05, 0) is 66.2 Å². The van der Waals surface area contributed by atoms with Gasteiger partial charge in [0.25, 0.3) is 20.0 Å². The van der Waals surface area contributed by atoms with Gasteiger partial charge in [0, 0.05) is 5.56 Å². The highest BCUT2D eigenvalue weighted by molar-refractivity contribution is 7.93. The van der Waals surface area contributed by atoms with Crippen LogP contribution in [0.1, 0.15) is 5.56 Å². The Morgan fingerprint density at radius 3 is 1.86 bits per heavy atom. The third kappa shape index (κ3) is 7.30. The van der Waals surface area contributed by atoms with E-state index in [9.17, 15) is 47.6 Å². The molecule has 0 aliphatic rings. The number of rotatable bonds is 8. The number of hydrogen-bond acceptors (Lipinski definition) is 5. The van der Waals surface area contributed by atoms with E-state index in [0.717, 1.165) is 54.6 Å². The molecule has 0 heterocycles. The van der Waals surface area contributed by atoms with Crippen LogP contribution in [0, 0.1) is 5.82 Å². The van der Waals surface area contributed by atoms with Gasteiger partial charge in [-0.25, -0.2) is 21.2 Å². The normalized spacial score (nSPS) is 12.5. The molecule has 0 amide bonds. The fourth-order valence-electron chi connectivity index (χ4n) is 3.65. The van der Waals surface area contributed by atoms with Crippen molar-refractivity contribution in [3.8, 4) is 16.9 Å². The summed E-state index contributed by atoms with van der Waals surface area (Å²) in [7, 11) is -9.35. The molecule has 2 N–H and O–H groups in total. The van der Waals surface area contributed by atoms with Crippen molar-refractivity contribution in [3.05, 3.63) is 102 Å². The third-order valence-corrected chi connectivity index (χ3v) is 8.28. The van der Waals surface area contributed by atoms with Crippen molar-refractivity contribution in [2.24, 2.45) is 0 Å². The molecule has 0 fully saturated rings. The van der Waals surface area contributed by atoms with E-state index in [2.05, 4.69) is 9.46 Å². The highest BCUT2D eigenvalue weighted by atomic mass is 32.2. The number of benzene rings is 4. The minimum Gasteiger partial charge on any atom is -0.406 e. The first-order valence-corrected chi connectivity index (χ1v) is 14.4. The minimum absolute atomic E-state index is 0.00103. The van der Waals surface area contributed by atoms with E-state index in [4.69, 9.17) is 0 Å². The second kappa shape index (κ2) is 11.2. The van der Waals surface area contributed by atoms with Gasteiger partial charge in [0.05, 0.1) is 26.7 Å². The summed E-state index contributed by atoms with van der Waals surface area (Å²) < 4.78 is 151. The molecular weight excluding hydrogens is 617 g/mol.